The number of hydrogen-bond acceptors (Lipinski definition) is 5. The van der Waals surface area contributed by atoms with Crippen LogP contribution in [0.2, 0.25) is 0 Å². The van der Waals surface area contributed by atoms with Crippen LogP contribution >= 0.6 is 12.2 Å². The van der Waals surface area contributed by atoms with Crippen LogP contribution in [0.1, 0.15) is 5.56 Å². The fraction of sp³-hybridized carbons (Fsp3) is 0.143. The summed E-state index contributed by atoms with van der Waals surface area (Å²) in [6.45, 7) is 3.79. The van der Waals surface area contributed by atoms with Gasteiger partial charge in [-0.2, -0.15) is 0 Å². The average Bonchev–Trinajstić information content (AvgIpc) is 2.48. The second kappa shape index (κ2) is 6.27. The molecular formula is C14H13N3O3S. The molecule has 0 aliphatic carbocycles. The molecule has 0 bridgehead atoms. The standard InChI is InChI=1S/C14H13N3O3S/c1-3-6-17-13(19)10(12(18)16-14(17)21)7-9-4-5-11(20-2)15-8-9/h3-5,7-8H,1,6H2,2H3,(H,16,18,21). The summed E-state index contributed by atoms with van der Waals surface area (Å²) in [6, 6.07) is 3.34. The lowest BCUT2D eigenvalue weighted by Gasteiger charge is -2.27. The predicted molar refractivity (Wildman–Crippen MR) is 81.4 cm³/mol. The van der Waals surface area contributed by atoms with Gasteiger partial charge in [0, 0.05) is 18.8 Å². The van der Waals surface area contributed by atoms with Gasteiger partial charge in [0.15, 0.2) is 5.11 Å². The third kappa shape index (κ3) is 3.14. The maximum atomic E-state index is 12.3. The van der Waals surface area contributed by atoms with Crippen molar-refractivity contribution in [2.24, 2.45) is 0 Å². The zero-order valence-electron chi connectivity index (χ0n) is 11.3. The Morgan fingerprint density at radius 3 is 2.81 bits per heavy atom. The molecule has 108 valence electrons. The van der Waals surface area contributed by atoms with E-state index in [1.165, 1.54) is 30.4 Å². The lowest BCUT2D eigenvalue weighted by molar-refractivity contribution is -0.128. The van der Waals surface area contributed by atoms with E-state index in [4.69, 9.17) is 17.0 Å². The normalized spacial score (nSPS) is 16.9. The Balaban J connectivity index is 2.32. The van der Waals surface area contributed by atoms with Gasteiger partial charge >= 0.3 is 0 Å². The molecule has 1 saturated heterocycles. The summed E-state index contributed by atoms with van der Waals surface area (Å²) in [7, 11) is 1.51. The molecule has 2 heterocycles. The number of nitrogens with one attached hydrogen (secondary N) is 1. The molecule has 21 heavy (non-hydrogen) atoms. The van der Waals surface area contributed by atoms with Crippen molar-refractivity contribution in [2.45, 2.75) is 0 Å². The number of pyridine rings is 1. The first kappa shape index (κ1) is 14.9. The van der Waals surface area contributed by atoms with Gasteiger partial charge in [-0.1, -0.05) is 6.08 Å². The minimum atomic E-state index is -0.527. The number of methoxy groups -OCH3 is 1. The van der Waals surface area contributed by atoms with Crippen molar-refractivity contribution in [3.05, 3.63) is 42.1 Å². The third-order valence-corrected chi connectivity index (χ3v) is 3.10. The van der Waals surface area contributed by atoms with E-state index in [-0.39, 0.29) is 17.2 Å². The van der Waals surface area contributed by atoms with Crippen molar-refractivity contribution in [2.75, 3.05) is 13.7 Å². The largest absolute Gasteiger partial charge is 0.481 e. The zero-order valence-corrected chi connectivity index (χ0v) is 12.1. The molecule has 7 heteroatoms. The number of ether oxygens (including phenoxy) is 1. The van der Waals surface area contributed by atoms with Crippen molar-refractivity contribution < 1.29 is 14.3 Å². The Bertz CT molecular complexity index is 637. The lowest BCUT2D eigenvalue weighted by Crippen LogP contribution is -2.53. The SMILES string of the molecule is C=CCN1C(=O)C(=Cc2ccc(OC)nc2)C(=O)NC1=S. The van der Waals surface area contributed by atoms with E-state index in [1.807, 2.05) is 0 Å². The number of nitrogens with zero attached hydrogens (tertiary/aromatic N) is 2. The molecule has 2 amide bonds. The smallest absolute Gasteiger partial charge is 0.265 e. The van der Waals surface area contributed by atoms with Crippen LogP contribution in [-0.4, -0.2) is 40.5 Å². The first-order valence-electron chi connectivity index (χ1n) is 6.06. The number of carbonyl (C=O) groups is 2. The van der Waals surface area contributed by atoms with E-state index < -0.39 is 11.8 Å². The first-order chi connectivity index (χ1) is 10.1. The van der Waals surface area contributed by atoms with E-state index >= 15 is 0 Å². The van der Waals surface area contributed by atoms with Gasteiger partial charge in [0.2, 0.25) is 5.88 Å². The summed E-state index contributed by atoms with van der Waals surface area (Å²) in [5.74, 6) is -0.536. The van der Waals surface area contributed by atoms with Gasteiger partial charge < -0.3 is 4.74 Å². The van der Waals surface area contributed by atoms with Crippen LogP contribution in [0.4, 0.5) is 0 Å². The molecule has 1 aromatic heterocycles. The molecule has 1 aliphatic heterocycles. The Labute approximate surface area is 127 Å². The average molecular weight is 303 g/mol. The number of carbonyl (C=O) groups excluding carboxylic acids is 2. The maximum absolute atomic E-state index is 12.3. The Morgan fingerprint density at radius 2 is 2.24 bits per heavy atom. The summed E-state index contributed by atoms with van der Waals surface area (Å²) in [4.78, 5) is 29.5. The number of thiocarbonyl (C=S) groups is 1. The molecule has 0 atom stereocenters. The van der Waals surface area contributed by atoms with Crippen LogP contribution < -0.4 is 10.1 Å². The van der Waals surface area contributed by atoms with Crippen LogP contribution in [0, 0.1) is 0 Å². The van der Waals surface area contributed by atoms with Crippen LogP contribution in [0.25, 0.3) is 6.08 Å². The van der Waals surface area contributed by atoms with Gasteiger partial charge in [-0.15, -0.1) is 6.58 Å². The van der Waals surface area contributed by atoms with Gasteiger partial charge in [-0.3, -0.25) is 19.8 Å². The minimum Gasteiger partial charge on any atom is -0.481 e. The molecule has 6 nitrogen and oxygen atoms in total. The summed E-state index contributed by atoms with van der Waals surface area (Å²) >= 11 is 4.97. The molecular weight excluding hydrogens is 290 g/mol. The van der Waals surface area contributed by atoms with Gasteiger partial charge in [0.1, 0.15) is 5.57 Å². The Morgan fingerprint density at radius 1 is 1.48 bits per heavy atom. The van der Waals surface area contributed by atoms with E-state index in [0.29, 0.717) is 11.4 Å². The van der Waals surface area contributed by atoms with Crippen molar-refractivity contribution in [3.8, 4) is 5.88 Å². The molecule has 1 aromatic rings. The quantitative estimate of drug-likeness (QED) is 0.387. The topological polar surface area (TPSA) is 71.5 Å². The fourth-order valence-electron chi connectivity index (χ4n) is 1.75. The summed E-state index contributed by atoms with van der Waals surface area (Å²) in [6.07, 6.45) is 4.51. The van der Waals surface area contributed by atoms with Crippen molar-refractivity contribution in [1.82, 2.24) is 15.2 Å². The zero-order chi connectivity index (χ0) is 15.4. The molecule has 2 rings (SSSR count). The summed E-state index contributed by atoms with van der Waals surface area (Å²) < 4.78 is 4.95. The molecule has 0 radical (unpaired) electrons. The second-order valence-corrected chi connectivity index (χ2v) is 4.54. The Hall–Kier alpha value is -2.54. The lowest BCUT2D eigenvalue weighted by atomic mass is 10.1. The van der Waals surface area contributed by atoms with Crippen molar-refractivity contribution >= 4 is 35.2 Å². The van der Waals surface area contributed by atoms with E-state index in [1.54, 1.807) is 12.1 Å². The van der Waals surface area contributed by atoms with Crippen molar-refractivity contribution in [1.29, 1.82) is 0 Å². The van der Waals surface area contributed by atoms with Gasteiger partial charge in [-0.05, 0) is 29.9 Å². The first-order valence-corrected chi connectivity index (χ1v) is 6.47. The fourth-order valence-corrected chi connectivity index (χ4v) is 2.00. The minimum absolute atomic E-state index is 0.00239. The second-order valence-electron chi connectivity index (χ2n) is 4.16. The summed E-state index contributed by atoms with van der Waals surface area (Å²) in [5.41, 5.74) is 0.609. The highest BCUT2D eigenvalue weighted by Gasteiger charge is 2.32. The molecule has 0 aromatic carbocycles. The molecule has 0 unspecified atom stereocenters. The van der Waals surface area contributed by atoms with Gasteiger partial charge in [-0.25, -0.2) is 4.98 Å². The van der Waals surface area contributed by atoms with Gasteiger partial charge in [0.05, 0.1) is 7.11 Å². The number of hydrogen-bond donors (Lipinski definition) is 1. The van der Waals surface area contributed by atoms with E-state index in [2.05, 4.69) is 16.9 Å². The Kier molecular flexibility index (Phi) is 4.44. The van der Waals surface area contributed by atoms with Crippen LogP contribution in [0.5, 0.6) is 5.88 Å². The van der Waals surface area contributed by atoms with Crippen LogP contribution in [0.15, 0.2) is 36.6 Å². The van der Waals surface area contributed by atoms with E-state index in [0.717, 1.165) is 0 Å². The molecule has 1 N–H and O–H groups in total. The third-order valence-electron chi connectivity index (χ3n) is 2.78. The predicted octanol–water partition coefficient (Wildman–Crippen LogP) is 0.903. The van der Waals surface area contributed by atoms with Crippen LogP contribution in [-0.2, 0) is 9.59 Å². The summed E-state index contributed by atoms with van der Waals surface area (Å²) in [5, 5.41) is 2.55. The highest BCUT2D eigenvalue weighted by atomic mass is 32.1. The van der Waals surface area contributed by atoms with Crippen molar-refractivity contribution in [3.63, 3.8) is 0 Å². The maximum Gasteiger partial charge on any atom is 0.265 e. The van der Waals surface area contributed by atoms with E-state index in [9.17, 15) is 9.59 Å². The molecule has 1 aliphatic rings. The monoisotopic (exact) mass is 303 g/mol. The highest BCUT2D eigenvalue weighted by molar-refractivity contribution is 7.80. The number of rotatable bonds is 4. The molecule has 0 saturated carbocycles. The highest BCUT2D eigenvalue weighted by Crippen LogP contribution is 2.15. The molecule has 1 fully saturated rings. The van der Waals surface area contributed by atoms with Crippen LogP contribution in [0.3, 0.4) is 0 Å². The number of amides is 2. The van der Waals surface area contributed by atoms with Gasteiger partial charge in [0.25, 0.3) is 11.8 Å². The molecule has 0 spiro atoms. The number of aromatic nitrogens is 1.